The molecule has 104 valence electrons. The number of carbonyl (C=O) groups excluding carboxylic acids is 1. The van der Waals surface area contributed by atoms with Crippen LogP contribution in [0, 0.1) is 0 Å². The highest BCUT2D eigenvalue weighted by atomic mass is 32.2. The van der Waals surface area contributed by atoms with Gasteiger partial charge in [0.2, 0.25) is 5.91 Å². The molecule has 0 spiro atoms. The van der Waals surface area contributed by atoms with E-state index in [1.54, 1.807) is 6.92 Å². The van der Waals surface area contributed by atoms with Gasteiger partial charge in [0.25, 0.3) is 0 Å². The summed E-state index contributed by atoms with van der Waals surface area (Å²) in [6.45, 7) is 1.71. The van der Waals surface area contributed by atoms with E-state index in [1.165, 1.54) is 24.3 Å². The van der Waals surface area contributed by atoms with Gasteiger partial charge in [0.15, 0.2) is 9.84 Å². The van der Waals surface area contributed by atoms with Crippen LogP contribution in [0.1, 0.15) is 23.7 Å². The SMILES string of the molecule is CCCS(=O)(=O)CC(=O)Nc1cccc(C(=O)O)c1. The van der Waals surface area contributed by atoms with Crippen LogP contribution in [0.5, 0.6) is 0 Å². The van der Waals surface area contributed by atoms with E-state index in [-0.39, 0.29) is 17.0 Å². The molecule has 6 nitrogen and oxygen atoms in total. The van der Waals surface area contributed by atoms with Crippen LogP contribution in [-0.4, -0.2) is 36.9 Å². The van der Waals surface area contributed by atoms with E-state index in [0.29, 0.717) is 6.42 Å². The first-order valence-corrected chi connectivity index (χ1v) is 7.50. The summed E-state index contributed by atoms with van der Waals surface area (Å²) in [6, 6.07) is 5.62. The van der Waals surface area contributed by atoms with Crippen molar-refractivity contribution in [2.24, 2.45) is 0 Å². The van der Waals surface area contributed by atoms with Crippen LogP contribution in [-0.2, 0) is 14.6 Å². The van der Waals surface area contributed by atoms with Crippen molar-refractivity contribution in [2.75, 3.05) is 16.8 Å². The van der Waals surface area contributed by atoms with Crippen molar-refractivity contribution in [3.63, 3.8) is 0 Å². The van der Waals surface area contributed by atoms with Crippen LogP contribution in [0.4, 0.5) is 5.69 Å². The van der Waals surface area contributed by atoms with Gasteiger partial charge in [0.05, 0.1) is 11.3 Å². The highest BCUT2D eigenvalue weighted by Gasteiger charge is 2.16. The van der Waals surface area contributed by atoms with E-state index in [0.717, 1.165) is 0 Å². The summed E-state index contributed by atoms with van der Waals surface area (Å²) < 4.78 is 22.9. The Morgan fingerprint density at radius 3 is 2.58 bits per heavy atom. The minimum absolute atomic E-state index is 0.0224. The molecule has 0 aromatic heterocycles. The molecule has 0 unspecified atom stereocenters. The Kier molecular flexibility index (Phi) is 5.05. The third-order valence-electron chi connectivity index (χ3n) is 2.26. The topological polar surface area (TPSA) is 101 Å². The first kappa shape index (κ1) is 15.2. The molecule has 2 N–H and O–H groups in total. The van der Waals surface area contributed by atoms with Gasteiger partial charge < -0.3 is 10.4 Å². The van der Waals surface area contributed by atoms with Crippen LogP contribution >= 0.6 is 0 Å². The van der Waals surface area contributed by atoms with Crippen LogP contribution in [0.2, 0.25) is 0 Å². The standard InChI is InChI=1S/C12H15NO5S/c1-2-6-19(17,18)8-11(14)13-10-5-3-4-9(7-10)12(15)16/h3-5,7H,2,6,8H2,1H3,(H,13,14)(H,15,16). The molecule has 0 heterocycles. The molecule has 1 aromatic rings. The molecule has 0 atom stereocenters. The lowest BCUT2D eigenvalue weighted by molar-refractivity contribution is -0.113. The summed E-state index contributed by atoms with van der Waals surface area (Å²) in [6.07, 6.45) is 0.449. The van der Waals surface area contributed by atoms with Gasteiger partial charge in [0, 0.05) is 5.69 Å². The lowest BCUT2D eigenvalue weighted by Gasteiger charge is -2.06. The maximum absolute atomic E-state index is 11.5. The van der Waals surface area contributed by atoms with E-state index in [9.17, 15) is 18.0 Å². The Labute approximate surface area is 111 Å². The fourth-order valence-electron chi connectivity index (χ4n) is 1.51. The number of hydrogen-bond acceptors (Lipinski definition) is 4. The van der Waals surface area contributed by atoms with Crippen molar-refractivity contribution in [1.29, 1.82) is 0 Å². The second-order valence-electron chi connectivity index (χ2n) is 4.03. The second kappa shape index (κ2) is 6.33. The van der Waals surface area contributed by atoms with Crippen LogP contribution < -0.4 is 5.32 Å². The van der Waals surface area contributed by atoms with Gasteiger partial charge in [-0.1, -0.05) is 13.0 Å². The zero-order chi connectivity index (χ0) is 14.5. The molecule has 0 aliphatic heterocycles. The molecule has 1 amide bonds. The summed E-state index contributed by atoms with van der Waals surface area (Å²) in [5, 5.41) is 11.2. The average Bonchev–Trinajstić information content (AvgIpc) is 2.27. The molecule has 0 fully saturated rings. The van der Waals surface area contributed by atoms with Crippen molar-refractivity contribution < 1.29 is 23.1 Å². The van der Waals surface area contributed by atoms with Crippen LogP contribution in [0.25, 0.3) is 0 Å². The number of carbonyl (C=O) groups is 2. The largest absolute Gasteiger partial charge is 0.478 e. The van der Waals surface area contributed by atoms with Crippen molar-refractivity contribution in [3.8, 4) is 0 Å². The smallest absolute Gasteiger partial charge is 0.335 e. The number of sulfone groups is 1. The summed E-state index contributed by atoms with van der Waals surface area (Å²) in [7, 11) is -3.41. The zero-order valence-corrected chi connectivity index (χ0v) is 11.2. The molecule has 1 rings (SSSR count). The van der Waals surface area contributed by atoms with E-state index >= 15 is 0 Å². The Morgan fingerprint density at radius 2 is 2.00 bits per heavy atom. The summed E-state index contributed by atoms with van der Waals surface area (Å²) in [5.74, 6) is -2.43. The number of aromatic carboxylic acids is 1. The number of anilines is 1. The molecule has 19 heavy (non-hydrogen) atoms. The Bertz CT molecular complexity index is 580. The molecule has 0 radical (unpaired) electrons. The number of carboxylic acid groups (broad SMARTS) is 1. The Balaban J connectivity index is 2.72. The Hall–Kier alpha value is -1.89. The summed E-state index contributed by atoms with van der Waals surface area (Å²) in [5.41, 5.74) is 0.283. The third-order valence-corrected chi connectivity index (χ3v) is 3.99. The second-order valence-corrected chi connectivity index (χ2v) is 6.21. The first-order valence-electron chi connectivity index (χ1n) is 5.67. The van der Waals surface area contributed by atoms with Gasteiger partial charge in [-0.05, 0) is 24.6 Å². The van der Waals surface area contributed by atoms with Gasteiger partial charge in [-0.25, -0.2) is 13.2 Å². The van der Waals surface area contributed by atoms with E-state index < -0.39 is 27.5 Å². The van der Waals surface area contributed by atoms with Crippen LogP contribution in [0.3, 0.4) is 0 Å². The van der Waals surface area contributed by atoms with Gasteiger partial charge in [-0.2, -0.15) is 0 Å². The lowest BCUT2D eigenvalue weighted by atomic mass is 10.2. The highest BCUT2D eigenvalue weighted by molar-refractivity contribution is 7.92. The number of nitrogens with one attached hydrogen (secondary N) is 1. The molecule has 0 saturated heterocycles. The van der Waals surface area contributed by atoms with Gasteiger partial charge >= 0.3 is 5.97 Å². The quantitative estimate of drug-likeness (QED) is 0.816. The van der Waals surface area contributed by atoms with Crippen molar-refractivity contribution in [3.05, 3.63) is 29.8 Å². The van der Waals surface area contributed by atoms with E-state index in [4.69, 9.17) is 5.11 Å². The molecular weight excluding hydrogens is 270 g/mol. The molecule has 0 saturated carbocycles. The predicted molar refractivity (Wildman–Crippen MR) is 71.0 cm³/mol. The molecule has 0 aliphatic rings. The summed E-state index contributed by atoms with van der Waals surface area (Å²) >= 11 is 0. The molecule has 7 heteroatoms. The number of rotatable bonds is 6. The molecule has 1 aromatic carbocycles. The van der Waals surface area contributed by atoms with Crippen LogP contribution in [0.15, 0.2) is 24.3 Å². The maximum Gasteiger partial charge on any atom is 0.335 e. The lowest BCUT2D eigenvalue weighted by Crippen LogP contribution is -2.24. The number of benzene rings is 1. The van der Waals surface area contributed by atoms with Gasteiger partial charge in [-0.15, -0.1) is 0 Å². The van der Waals surface area contributed by atoms with E-state index in [2.05, 4.69) is 5.32 Å². The van der Waals surface area contributed by atoms with Gasteiger partial charge in [-0.3, -0.25) is 4.79 Å². The normalized spacial score (nSPS) is 11.0. The predicted octanol–water partition coefficient (Wildman–Crippen LogP) is 1.15. The fraction of sp³-hybridized carbons (Fsp3) is 0.333. The van der Waals surface area contributed by atoms with Gasteiger partial charge in [0.1, 0.15) is 5.75 Å². The molecular formula is C12H15NO5S. The first-order chi connectivity index (χ1) is 8.84. The monoisotopic (exact) mass is 285 g/mol. The minimum Gasteiger partial charge on any atom is -0.478 e. The van der Waals surface area contributed by atoms with Crippen molar-refractivity contribution in [1.82, 2.24) is 0 Å². The zero-order valence-electron chi connectivity index (χ0n) is 10.4. The number of carboxylic acids is 1. The molecule has 0 bridgehead atoms. The average molecular weight is 285 g/mol. The maximum atomic E-state index is 11.5. The number of hydrogen-bond donors (Lipinski definition) is 2. The minimum atomic E-state index is -3.41. The molecule has 0 aliphatic carbocycles. The Morgan fingerprint density at radius 1 is 1.32 bits per heavy atom. The van der Waals surface area contributed by atoms with Crippen molar-refractivity contribution in [2.45, 2.75) is 13.3 Å². The fourth-order valence-corrected chi connectivity index (χ4v) is 2.75. The summed E-state index contributed by atoms with van der Waals surface area (Å²) in [4.78, 5) is 22.3. The highest BCUT2D eigenvalue weighted by Crippen LogP contribution is 2.10. The van der Waals surface area contributed by atoms with E-state index in [1.807, 2.05) is 0 Å². The van der Waals surface area contributed by atoms with Crippen molar-refractivity contribution >= 4 is 27.4 Å². The third kappa shape index (κ3) is 5.09. The number of amides is 1.